The van der Waals surface area contributed by atoms with E-state index in [1.54, 1.807) is 15.4 Å². The summed E-state index contributed by atoms with van der Waals surface area (Å²) in [6.07, 6.45) is 20.3. The van der Waals surface area contributed by atoms with Gasteiger partial charge in [-0.05, 0) is 36.5 Å². The van der Waals surface area contributed by atoms with Crippen molar-refractivity contribution in [1.29, 1.82) is 0 Å². The van der Waals surface area contributed by atoms with Crippen molar-refractivity contribution >= 4 is 34.6 Å². The van der Waals surface area contributed by atoms with Crippen molar-refractivity contribution in [2.24, 2.45) is 5.92 Å². The van der Waals surface area contributed by atoms with E-state index in [2.05, 4.69) is 41.4 Å². The Morgan fingerprint density at radius 3 is 2.73 bits per heavy atom. The maximum Gasteiger partial charge on any atom is 0.277 e. The second-order valence-electron chi connectivity index (χ2n) is 7.74. The van der Waals surface area contributed by atoms with Crippen LogP contribution in [-0.2, 0) is 0 Å². The van der Waals surface area contributed by atoms with Gasteiger partial charge in [-0.25, -0.2) is 18.6 Å². The Morgan fingerprint density at radius 2 is 1.97 bits per heavy atom. The second kappa shape index (κ2) is 9.96. The van der Waals surface area contributed by atoms with E-state index in [-0.39, 0.29) is 17.5 Å². The molecule has 8 heteroatoms. The van der Waals surface area contributed by atoms with Gasteiger partial charge in [-0.3, -0.25) is 4.79 Å². The van der Waals surface area contributed by atoms with Crippen molar-refractivity contribution in [2.75, 3.05) is 6.38 Å². The van der Waals surface area contributed by atoms with E-state index >= 15 is 0 Å². The lowest BCUT2D eigenvalue weighted by atomic mass is 10.0. The Bertz CT molecular complexity index is 1370. The average Bonchev–Trinajstić information content (AvgIpc) is 3.61. The highest BCUT2D eigenvalue weighted by Crippen LogP contribution is 2.36. The van der Waals surface area contributed by atoms with Crippen molar-refractivity contribution in [2.45, 2.75) is 30.7 Å². The summed E-state index contributed by atoms with van der Waals surface area (Å²) >= 11 is 5.85. The first-order valence-corrected chi connectivity index (χ1v) is 12.0. The van der Waals surface area contributed by atoms with Crippen LogP contribution in [0.25, 0.3) is 11.2 Å². The first-order chi connectivity index (χ1) is 16.0. The van der Waals surface area contributed by atoms with E-state index in [4.69, 9.17) is 0 Å². The van der Waals surface area contributed by atoms with Crippen molar-refractivity contribution < 1.29 is 8.78 Å². The fraction of sp³-hybridized carbons (Fsp3) is 0.240. The Kier molecular flexibility index (Phi) is 7.03. The molecule has 3 aliphatic rings. The molecule has 1 atom stereocenters. The summed E-state index contributed by atoms with van der Waals surface area (Å²) in [5.41, 5.74) is 4.50. The van der Waals surface area contributed by atoms with Gasteiger partial charge < -0.3 is 0 Å². The summed E-state index contributed by atoms with van der Waals surface area (Å²) in [6, 6.07) is 0.148. The summed E-state index contributed by atoms with van der Waals surface area (Å²) < 4.78 is 30.7. The molecule has 0 bridgehead atoms. The molecule has 1 saturated carbocycles. The number of nitrogens with zero attached hydrogens (tertiary/aromatic N) is 3. The van der Waals surface area contributed by atoms with Crippen LogP contribution in [0.5, 0.6) is 0 Å². The molecule has 0 N–H and O–H groups in total. The zero-order valence-electron chi connectivity index (χ0n) is 18.1. The Labute approximate surface area is 199 Å². The standard InChI is InChI=1S/C24H19F2N3OS.CH3Cl/c1-15-4-2-3-5-16(10-15)22-23-27-13-21(14-28(23)29(24(22)30)19-7-8-19)31-20-9-6-17(25)11-18(26)12-20;1-2/h2-6,9-11,13-15,19H,7-8H2,1H3;1H3. The van der Waals surface area contributed by atoms with E-state index in [0.29, 0.717) is 21.0 Å². The van der Waals surface area contributed by atoms with E-state index in [9.17, 15) is 13.6 Å². The molecule has 2 aromatic heterocycles. The van der Waals surface area contributed by atoms with Crippen LogP contribution in [0.15, 0.2) is 93.0 Å². The van der Waals surface area contributed by atoms with Gasteiger partial charge in [0.25, 0.3) is 5.56 Å². The van der Waals surface area contributed by atoms with Gasteiger partial charge in [0.05, 0.1) is 16.5 Å². The number of hydrogen-bond donors (Lipinski definition) is 0. The van der Waals surface area contributed by atoms with Crippen LogP contribution in [0.1, 0.15) is 31.4 Å². The number of allylic oxidation sites excluding steroid dienone is 10. The van der Waals surface area contributed by atoms with E-state index in [0.717, 1.165) is 24.5 Å². The molecule has 0 spiro atoms. The maximum atomic E-state index is 13.7. The third-order valence-corrected chi connectivity index (χ3v) is 6.12. The molecule has 0 amide bonds. The highest BCUT2D eigenvalue weighted by molar-refractivity contribution is 8.03. The molecule has 0 radical (unpaired) electrons. The van der Waals surface area contributed by atoms with Crippen LogP contribution < -0.4 is 5.56 Å². The van der Waals surface area contributed by atoms with Gasteiger partial charge in [0.1, 0.15) is 5.83 Å². The maximum absolute atomic E-state index is 13.7. The first-order valence-electron chi connectivity index (χ1n) is 10.5. The van der Waals surface area contributed by atoms with Crippen LogP contribution in [0.2, 0.25) is 0 Å². The minimum Gasteiger partial charge on any atom is -0.267 e. The zero-order chi connectivity index (χ0) is 23.5. The number of halogens is 3. The lowest BCUT2D eigenvalue weighted by molar-refractivity contribution is 0.573. The smallest absolute Gasteiger partial charge is 0.267 e. The highest BCUT2D eigenvalue weighted by atomic mass is 35.5. The van der Waals surface area contributed by atoms with Gasteiger partial charge in [0.2, 0.25) is 0 Å². The van der Waals surface area contributed by atoms with Crippen molar-refractivity contribution in [3.8, 4) is 0 Å². The molecule has 0 aliphatic heterocycles. The minimum absolute atomic E-state index is 0.0621. The Balaban J connectivity index is 0.00000126. The molecule has 33 heavy (non-hydrogen) atoms. The zero-order valence-corrected chi connectivity index (χ0v) is 19.7. The Hall–Kier alpha value is -2.86. The lowest BCUT2D eigenvalue weighted by Crippen LogP contribution is -2.20. The van der Waals surface area contributed by atoms with Crippen molar-refractivity contribution in [3.05, 3.63) is 99.2 Å². The minimum atomic E-state index is -0.771. The molecule has 170 valence electrons. The molecule has 0 aromatic carbocycles. The summed E-state index contributed by atoms with van der Waals surface area (Å²) in [5, 5.41) is 0. The number of fused-ring (bicyclic) bond motifs is 1. The van der Waals surface area contributed by atoms with Crippen LogP contribution >= 0.6 is 23.4 Å². The van der Waals surface area contributed by atoms with E-state index in [1.165, 1.54) is 30.3 Å². The summed E-state index contributed by atoms with van der Waals surface area (Å²) in [4.78, 5) is 19.1. The predicted molar refractivity (Wildman–Crippen MR) is 131 cm³/mol. The predicted octanol–water partition coefficient (Wildman–Crippen LogP) is 6.68. The number of thioether (sulfide) groups is 1. The molecule has 2 aromatic rings. The molecule has 5 rings (SSSR count). The monoisotopic (exact) mass is 485 g/mol. The number of aromatic nitrogens is 3. The fourth-order valence-electron chi connectivity index (χ4n) is 3.68. The largest absolute Gasteiger partial charge is 0.277 e. The molecule has 2 heterocycles. The highest BCUT2D eigenvalue weighted by Gasteiger charge is 2.30. The van der Waals surface area contributed by atoms with Gasteiger partial charge in [-0.1, -0.05) is 54.8 Å². The SMILES string of the molecule is CC1C=CC=CC(c2c(=O)n(C3CC3)n3cc(SC4=C=C(F)C=C(F)C=C4)cnc23)=C1.CCl. The van der Waals surface area contributed by atoms with Gasteiger partial charge in [0, 0.05) is 29.7 Å². The number of alkyl halides is 1. The molecule has 3 aliphatic carbocycles. The van der Waals surface area contributed by atoms with Gasteiger partial charge >= 0.3 is 0 Å². The third kappa shape index (κ3) is 5.06. The van der Waals surface area contributed by atoms with Crippen molar-refractivity contribution in [3.63, 3.8) is 0 Å². The Morgan fingerprint density at radius 1 is 1.18 bits per heavy atom. The number of rotatable bonds is 4. The van der Waals surface area contributed by atoms with Gasteiger partial charge in [-0.15, -0.1) is 11.6 Å². The quantitative estimate of drug-likeness (QED) is 0.358. The molecular formula is C25H22ClF2N3OS. The summed E-state index contributed by atoms with van der Waals surface area (Å²) in [6.45, 7) is 2.07. The van der Waals surface area contributed by atoms with Crippen LogP contribution in [-0.4, -0.2) is 20.6 Å². The second-order valence-corrected chi connectivity index (χ2v) is 8.86. The van der Waals surface area contributed by atoms with Crippen LogP contribution in [0, 0.1) is 5.92 Å². The van der Waals surface area contributed by atoms with E-state index in [1.807, 2.05) is 24.4 Å². The lowest BCUT2D eigenvalue weighted by Gasteiger charge is -2.06. The molecule has 0 saturated heterocycles. The normalized spacial score (nSPS) is 19.7. The fourth-order valence-corrected chi connectivity index (χ4v) is 4.48. The third-order valence-electron chi connectivity index (χ3n) is 5.21. The van der Waals surface area contributed by atoms with Crippen molar-refractivity contribution in [1.82, 2.24) is 14.2 Å². The number of hydrogen-bond acceptors (Lipinski definition) is 3. The molecule has 4 nitrogen and oxygen atoms in total. The molecular weight excluding hydrogens is 464 g/mol. The van der Waals surface area contributed by atoms with Crippen LogP contribution in [0.4, 0.5) is 8.78 Å². The molecule has 1 fully saturated rings. The van der Waals surface area contributed by atoms with Gasteiger partial charge in [-0.2, -0.15) is 4.39 Å². The average molecular weight is 486 g/mol. The van der Waals surface area contributed by atoms with E-state index < -0.39 is 11.7 Å². The topological polar surface area (TPSA) is 39.3 Å². The van der Waals surface area contributed by atoms with Crippen LogP contribution in [0.3, 0.4) is 0 Å². The molecule has 1 unspecified atom stereocenters. The summed E-state index contributed by atoms with van der Waals surface area (Å²) in [5.74, 6) is -1.24. The first kappa shape index (κ1) is 23.3. The van der Waals surface area contributed by atoms with Gasteiger partial charge in [0.15, 0.2) is 11.5 Å². The summed E-state index contributed by atoms with van der Waals surface area (Å²) in [7, 11) is 0.